The monoisotopic (exact) mass is 662 g/mol. The Balaban J connectivity index is 1.26. The molecule has 2 saturated heterocycles. The standard InChI is InChI=1S/C35H37F3N6O2S/c1-4-23-25(36)6-5-21-13-22(45)14-24(29(21)23)27-15-26-30(47-44(27)28-16-35(28,37)38)31(43-11-9-33(10-12-43)17-39-18-33)41-32(40-26)46-20-34(7-8-34)19-42(2)3/h1,5-6,13-15,28,39,45H,7-12,16-20H2,2-3H3. The fraction of sp³-hybridized carbons (Fsp3) is 0.486. The van der Waals surface area contributed by atoms with Crippen LogP contribution in [0.25, 0.3) is 22.5 Å². The minimum atomic E-state index is -2.92. The molecular formula is C35H37F3N6O2S. The van der Waals surface area contributed by atoms with Crippen LogP contribution in [0.15, 0.2) is 29.2 Å². The topological polar surface area (TPSA) is 77.0 Å². The minimum absolute atomic E-state index is 0.00690. The molecule has 47 heavy (non-hydrogen) atoms. The van der Waals surface area contributed by atoms with Crippen LogP contribution in [0, 0.1) is 29.0 Å². The molecule has 2 aliphatic carbocycles. The first-order chi connectivity index (χ1) is 22.5. The molecule has 5 aliphatic rings. The highest BCUT2D eigenvalue weighted by Gasteiger charge is 2.62. The number of nitrogens with zero attached hydrogens (tertiary/aromatic N) is 5. The van der Waals surface area contributed by atoms with E-state index in [1.807, 2.05) is 0 Å². The first kappa shape index (κ1) is 30.7. The van der Waals surface area contributed by atoms with Crippen LogP contribution < -0.4 is 15.0 Å². The number of phenols is 1. The highest BCUT2D eigenvalue weighted by molar-refractivity contribution is 7.97. The number of phenolic OH excluding ortho intramolecular Hbond substituents is 1. The number of nitrogens with one attached hydrogen (secondary N) is 1. The Kier molecular flexibility index (Phi) is 7.13. The fourth-order valence-corrected chi connectivity index (χ4v) is 8.58. The van der Waals surface area contributed by atoms with E-state index in [1.54, 1.807) is 10.4 Å². The Morgan fingerprint density at radius 3 is 2.51 bits per heavy atom. The molecule has 0 bridgehead atoms. The van der Waals surface area contributed by atoms with E-state index in [4.69, 9.17) is 21.1 Å². The predicted molar refractivity (Wildman–Crippen MR) is 177 cm³/mol. The molecule has 4 heterocycles. The third kappa shape index (κ3) is 5.46. The molecular weight excluding hydrogens is 625 g/mol. The number of hydrogen-bond acceptors (Lipinski definition) is 9. The molecule has 12 heteroatoms. The number of aromatic hydroxyl groups is 1. The molecule has 3 aliphatic heterocycles. The van der Waals surface area contributed by atoms with Gasteiger partial charge in [-0.25, -0.2) is 13.2 Å². The minimum Gasteiger partial charge on any atom is -0.508 e. The number of alkyl halides is 2. The molecule has 0 amide bonds. The van der Waals surface area contributed by atoms with Crippen LogP contribution in [-0.4, -0.2) is 89.7 Å². The highest BCUT2D eigenvalue weighted by atomic mass is 32.2. The average molecular weight is 663 g/mol. The zero-order chi connectivity index (χ0) is 32.7. The van der Waals surface area contributed by atoms with Crippen molar-refractivity contribution >= 4 is 40.3 Å². The molecule has 8 nitrogen and oxygen atoms in total. The van der Waals surface area contributed by atoms with Gasteiger partial charge < -0.3 is 29.3 Å². The van der Waals surface area contributed by atoms with E-state index in [2.05, 4.69) is 35.1 Å². The number of piperidine rings is 1. The predicted octanol–water partition coefficient (Wildman–Crippen LogP) is 5.59. The van der Waals surface area contributed by atoms with E-state index in [0.717, 1.165) is 58.4 Å². The Bertz CT molecular complexity index is 1840. The number of halogens is 3. The van der Waals surface area contributed by atoms with Crippen molar-refractivity contribution in [2.45, 2.75) is 49.0 Å². The number of terminal acetylenes is 1. The van der Waals surface area contributed by atoms with Gasteiger partial charge in [-0.2, -0.15) is 9.97 Å². The second-order valence-electron chi connectivity index (χ2n) is 14.2. The lowest BCUT2D eigenvalue weighted by Crippen LogP contribution is -2.58. The molecule has 4 fully saturated rings. The normalized spacial score (nSPS) is 23.3. The summed E-state index contributed by atoms with van der Waals surface area (Å²) in [6.07, 6.45) is 11.3. The van der Waals surface area contributed by atoms with Crippen molar-refractivity contribution in [1.82, 2.24) is 24.5 Å². The van der Waals surface area contributed by atoms with Crippen LogP contribution in [0.2, 0.25) is 0 Å². The van der Waals surface area contributed by atoms with Crippen molar-refractivity contribution in [2.24, 2.45) is 10.8 Å². The van der Waals surface area contributed by atoms with E-state index in [9.17, 15) is 13.9 Å². The van der Waals surface area contributed by atoms with Gasteiger partial charge in [0.2, 0.25) is 0 Å². The second kappa shape index (κ2) is 10.9. The SMILES string of the molecule is C#Cc1c(F)ccc2cc(O)cc(C3=Cc4nc(OCC5(CN(C)C)CC5)nc(N5CCC6(CC5)CNC6)c4SN3C3CC3(F)F)c12. The van der Waals surface area contributed by atoms with Crippen molar-refractivity contribution < 1.29 is 23.0 Å². The number of benzene rings is 2. The molecule has 2 saturated carbocycles. The second-order valence-corrected chi connectivity index (χ2v) is 15.2. The van der Waals surface area contributed by atoms with E-state index in [0.29, 0.717) is 50.5 Å². The van der Waals surface area contributed by atoms with Crippen LogP contribution in [0.1, 0.15) is 48.9 Å². The summed E-state index contributed by atoms with van der Waals surface area (Å²) in [5.74, 6) is -0.485. The van der Waals surface area contributed by atoms with Gasteiger partial charge in [0, 0.05) is 55.5 Å². The highest BCUT2D eigenvalue weighted by Crippen LogP contribution is 2.57. The maximum Gasteiger partial charge on any atom is 0.319 e. The molecule has 1 spiro atoms. The fourth-order valence-electron chi connectivity index (χ4n) is 7.33. The summed E-state index contributed by atoms with van der Waals surface area (Å²) in [7, 11) is 4.10. The van der Waals surface area contributed by atoms with E-state index >= 15 is 4.39 Å². The van der Waals surface area contributed by atoms with Crippen LogP contribution in [0.4, 0.5) is 19.0 Å². The smallest absolute Gasteiger partial charge is 0.319 e. The third-order valence-corrected chi connectivity index (χ3v) is 11.6. The van der Waals surface area contributed by atoms with Gasteiger partial charge in [-0.1, -0.05) is 12.0 Å². The quantitative estimate of drug-likeness (QED) is 0.237. The van der Waals surface area contributed by atoms with Gasteiger partial charge in [0.1, 0.15) is 17.6 Å². The summed E-state index contributed by atoms with van der Waals surface area (Å²) in [6.45, 7) is 4.96. The van der Waals surface area contributed by atoms with Crippen molar-refractivity contribution in [3.05, 3.63) is 46.9 Å². The Morgan fingerprint density at radius 2 is 1.89 bits per heavy atom. The molecule has 8 rings (SSSR count). The number of ether oxygens (including phenoxy) is 1. The Hall–Kier alpha value is -3.66. The molecule has 3 aromatic rings. The van der Waals surface area contributed by atoms with Crippen molar-refractivity contribution in [3.8, 4) is 24.1 Å². The maximum atomic E-state index is 15.0. The zero-order valence-corrected chi connectivity index (χ0v) is 27.3. The summed E-state index contributed by atoms with van der Waals surface area (Å²) >= 11 is 1.17. The van der Waals surface area contributed by atoms with Crippen LogP contribution in [-0.2, 0) is 0 Å². The van der Waals surface area contributed by atoms with Gasteiger partial charge in [0.25, 0.3) is 5.92 Å². The van der Waals surface area contributed by atoms with Crippen LogP contribution >= 0.6 is 11.9 Å². The van der Waals surface area contributed by atoms with Crippen molar-refractivity contribution in [2.75, 3.05) is 58.3 Å². The molecule has 1 aromatic heterocycles. The van der Waals surface area contributed by atoms with Crippen molar-refractivity contribution in [3.63, 3.8) is 0 Å². The third-order valence-electron chi connectivity index (χ3n) is 10.3. The largest absolute Gasteiger partial charge is 0.508 e. The molecule has 0 radical (unpaired) electrons. The summed E-state index contributed by atoms with van der Waals surface area (Å²) in [5.41, 5.74) is 1.62. The summed E-state index contributed by atoms with van der Waals surface area (Å²) in [4.78, 5) is 14.9. The lowest BCUT2D eigenvalue weighted by atomic mass is 9.73. The van der Waals surface area contributed by atoms with Gasteiger partial charge in [0.15, 0.2) is 5.82 Å². The van der Waals surface area contributed by atoms with Crippen LogP contribution in [0.3, 0.4) is 0 Å². The first-order valence-corrected chi connectivity index (χ1v) is 16.9. The van der Waals surface area contributed by atoms with E-state index in [-0.39, 0.29) is 29.2 Å². The lowest BCUT2D eigenvalue weighted by Gasteiger charge is -2.49. The van der Waals surface area contributed by atoms with Gasteiger partial charge in [-0.15, -0.1) is 6.42 Å². The summed E-state index contributed by atoms with van der Waals surface area (Å²) in [6, 6.07) is 4.87. The molecule has 2 N–H and O–H groups in total. The number of anilines is 1. The number of hydrogen-bond donors (Lipinski definition) is 2. The number of fused-ring (bicyclic) bond motifs is 2. The molecule has 246 valence electrons. The van der Waals surface area contributed by atoms with Gasteiger partial charge >= 0.3 is 6.01 Å². The Labute approximate surface area is 276 Å². The van der Waals surface area contributed by atoms with E-state index < -0.39 is 17.8 Å². The van der Waals surface area contributed by atoms with Gasteiger partial charge in [-0.3, -0.25) is 0 Å². The number of aromatic nitrogens is 2. The van der Waals surface area contributed by atoms with Gasteiger partial charge in [-0.05, 0) is 86.8 Å². The number of rotatable bonds is 8. The average Bonchev–Trinajstić information content (AvgIpc) is 3.93. The van der Waals surface area contributed by atoms with Gasteiger partial charge in [0.05, 0.1) is 28.5 Å². The maximum absolute atomic E-state index is 15.0. The summed E-state index contributed by atoms with van der Waals surface area (Å²) in [5, 5.41) is 15.0. The lowest BCUT2D eigenvalue weighted by molar-refractivity contribution is 0.100. The van der Waals surface area contributed by atoms with E-state index in [1.165, 1.54) is 36.2 Å². The molecule has 1 unspecified atom stereocenters. The molecule has 2 aromatic carbocycles. The Morgan fingerprint density at radius 1 is 1.15 bits per heavy atom. The first-order valence-electron chi connectivity index (χ1n) is 16.1. The molecule has 1 atom stereocenters. The van der Waals surface area contributed by atoms with Crippen molar-refractivity contribution in [1.29, 1.82) is 0 Å². The zero-order valence-electron chi connectivity index (χ0n) is 26.5. The summed E-state index contributed by atoms with van der Waals surface area (Å²) < 4.78 is 52.8. The van der Waals surface area contributed by atoms with Crippen LogP contribution in [0.5, 0.6) is 11.8 Å².